The van der Waals surface area contributed by atoms with Gasteiger partial charge < -0.3 is 10.6 Å². The molecule has 0 fully saturated rings. The van der Waals surface area contributed by atoms with Crippen molar-refractivity contribution in [3.8, 4) is 0 Å². The Morgan fingerprint density at radius 2 is 0.857 bits per heavy atom. The first-order chi connectivity index (χ1) is 22.8. The SMILES string of the molecule is Cc1cc(C)c(Nc2ccc(C(c3ccc(Nc4c(C)cc(C)cc4C)cc3C)c3ccc(S(=O)(=O)O)cc3S(=O)(=O)O)c(C)c2)c(C)c1. The molecule has 0 heterocycles. The number of benzene rings is 5. The minimum absolute atomic E-state index is 0.165. The molecule has 0 saturated carbocycles. The Morgan fingerprint density at radius 1 is 0.469 bits per heavy atom. The number of rotatable bonds is 9. The Labute approximate surface area is 289 Å². The minimum Gasteiger partial charge on any atom is -0.355 e. The lowest BCUT2D eigenvalue weighted by Gasteiger charge is -2.26. The van der Waals surface area contributed by atoms with E-state index < -0.39 is 35.9 Å². The number of hydrogen-bond acceptors (Lipinski definition) is 6. The zero-order valence-corrected chi connectivity index (χ0v) is 30.6. The molecule has 10 heteroatoms. The van der Waals surface area contributed by atoms with E-state index in [0.29, 0.717) is 0 Å². The molecule has 0 unspecified atom stereocenters. The van der Waals surface area contributed by atoms with Crippen LogP contribution in [0.1, 0.15) is 67.1 Å². The Hall–Kier alpha value is -4.48. The minimum atomic E-state index is -4.93. The van der Waals surface area contributed by atoms with E-state index in [1.807, 2.05) is 50.2 Å². The quantitative estimate of drug-likeness (QED) is 0.0885. The Kier molecular flexibility index (Phi) is 9.82. The summed E-state index contributed by atoms with van der Waals surface area (Å²) in [7, 11) is -9.68. The summed E-state index contributed by atoms with van der Waals surface area (Å²) in [6.45, 7) is 16.2. The van der Waals surface area contributed by atoms with Gasteiger partial charge in [0.15, 0.2) is 0 Å². The lowest BCUT2D eigenvalue weighted by Crippen LogP contribution is -2.14. The molecule has 0 spiro atoms. The van der Waals surface area contributed by atoms with Crippen LogP contribution in [0.5, 0.6) is 0 Å². The van der Waals surface area contributed by atoms with Crippen LogP contribution in [0.3, 0.4) is 0 Å². The van der Waals surface area contributed by atoms with Gasteiger partial charge in [0.2, 0.25) is 0 Å². The van der Waals surface area contributed by atoms with Crippen molar-refractivity contribution in [2.75, 3.05) is 10.6 Å². The average Bonchev–Trinajstić information content (AvgIpc) is 2.98. The molecular weight excluding hydrogens is 657 g/mol. The second-order valence-corrected chi connectivity index (χ2v) is 15.8. The Balaban J connectivity index is 1.68. The van der Waals surface area contributed by atoms with Crippen molar-refractivity contribution < 1.29 is 25.9 Å². The first-order valence-corrected chi connectivity index (χ1v) is 18.7. The third-order valence-corrected chi connectivity index (χ3v) is 10.7. The van der Waals surface area contributed by atoms with E-state index in [2.05, 4.69) is 76.4 Å². The first kappa shape index (κ1) is 35.8. The van der Waals surface area contributed by atoms with Gasteiger partial charge in [-0.2, -0.15) is 16.8 Å². The summed E-state index contributed by atoms with van der Waals surface area (Å²) in [5.74, 6) is -0.735. The van der Waals surface area contributed by atoms with E-state index in [4.69, 9.17) is 0 Å². The van der Waals surface area contributed by atoms with Crippen LogP contribution in [0, 0.1) is 55.4 Å². The summed E-state index contributed by atoms with van der Waals surface area (Å²) >= 11 is 0. The molecule has 5 aromatic rings. The molecule has 5 rings (SSSR count). The second kappa shape index (κ2) is 13.4. The smallest absolute Gasteiger partial charge is 0.294 e. The molecule has 0 aliphatic carbocycles. The van der Waals surface area contributed by atoms with Crippen molar-refractivity contribution in [2.24, 2.45) is 0 Å². The largest absolute Gasteiger partial charge is 0.355 e. The van der Waals surface area contributed by atoms with Crippen LogP contribution in [-0.4, -0.2) is 25.9 Å². The van der Waals surface area contributed by atoms with Crippen molar-refractivity contribution in [3.63, 3.8) is 0 Å². The zero-order valence-electron chi connectivity index (χ0n) is 28.9. The summed E-state index contributed by atoms with van der Waals surface area (Å²) in [4.78, 5) is -1.24. The van der Waals surface area contributed by atoms with Crippen LogP contribution in [-0.2, 0) is 20.2 Å². The van der Waals surface area contributed by atoms with Crippen molar-refractivity contribution >= 4 is 43.0 Å². The van der Waals surface area contributed by atoms with Crippen LogP contribution in [0.2, 0.25) is 0 Å². The summed E-state index contributed by atoms with van der Waals surface area (Å²) in [5.41, 5.74) is 13.8. The summed E-state index contributed by atoms with van der Waals surface area (Å²) in [6, 6.07) is 23.4. The van der Waals surface area contributed by atoms with Crippen molar-refractivity contribution in [2.45, 2.75) is 71.1 Å². The Bertz CT molecular complexity index is 2180. The number of hydrogen-bond donors (Lipinski definition) is 4. The fraction of sp³-hybridized carbons (Fsp3) is 0.231. The fourth-order valence-corrected chi connectivity index (χ4v) is 8.18. The highest BCUT2D eigenvalue weighted by molar-refractivity contribution is 7.86. The molecule has 256 valence electrons. The maximum atomic E-state index is 12.8. The van der Waals surface area contributed by atoms with Gasteiger partial charge in [0.25, 0.3) is 20.2 Å². The van der Waals surface area contributed by atoms with Gasteiger partial charge in [0, 0.05) is 28.7 Å². The molecule has 0 bridgehead atoms. The monoisotopic (exact) mass is 698 g/mol. The van der Waals surface area contributed by atoms with Gasteiger partial charge in [0.1, 0.15) is 0 Å². The molecule has 5 aromatic carbocycles. The number of aryl methyl sites for hydroxylation is 8. The van der Waals surface area contributed by atoms with Gasteiger partial charge >= 0.3 is 0 Å². The van der Waals surface area contributed by atoms with Gasteiger partial charge in [-0.3, -0.25) is 9.11 Å². The molecule has 0 aliphatic heterocycles. The molecule has 0 atom stereocenters. The molecule has 49 heavy (non-hydrogen) atoms. The average molecular weight is 699 g/mol. The van der Waals surface area contributed by atoms with Gasteiger partial charge in [-0.25, -0.2) is 0 Å². The fourth-order valence-electron chi connectivity index (χ4n) is 6.84. The van der Waals surface area contributed by atoms with Crippen LogP contribution in [0.15, 0.2) is 88.7 Å². The van der Waals surface area contributed by atoms with Gasteiger partial charge in [-0.15, -0.1) is 0 Å². The van der Waals surface area contributed by atoms with Crippen LogP contribution in [0.25, 0.3) is 0 Å². The molecule has 0 radical (unpaired) electrons. The Morgan fingerprint density at radius 3 is 1.20 bits per heavy atom. The topological polar surface area (TPSA) is 133 Å². The lowest BCUT2D eigenvalue weighted by molar-refractivity contribution is 0.480. The van der Waals surface area contributed by atoms with E-state index in [1.54, 1.807) is 0 Å². The summed E-state index contributed by atoms with van der Waals surface area (Å²) in [5, 5.41) is 7.06. The standard InChI is InChI=1S/C39H42N2O6S2/c1-22-15-26(5)38(27(6)16-22)40-30-9-12-33(24(3)19-30)37(35-14-11-32(48(42,43)44)21-36(35)49(45,46)47)34-13-10-31(20-25(34)4)41-39-28(7)17-23(2)18-29(39)8/h9-21,37,40-41H,1-8H3,(H,42,43,44)(H,45,46,47). The predicted octanol–water partition coefficient (Wildman–Crippen LogP) is 9.31. The van der Waals surface area contributed by atoms with Crippen molar-refractivity contribution in [1.29, 1.82) is 0 Å². The molecule has 8 nitrogen and oxygen atoms in total. The normalized spacial score (nSPS) is 12.0. The molecule has 0 saturated heterocycles. The van der Waals surface area contributed by atoms with Gasteiger partial charge in [-0.05, 0) is 142 Å². The second-order valence-electron chi connectivity index (χ2n) is 13.0. The van der Waals surface area contributed by atoms with E-state index in [0.717, 1.165) is 79.4 Å². The predicted molar refractivity (Wildman–Crippen MR) is 197 cm³/mol. The third-order valence-electron chi connectivity index (χ3n) is 8.93. The number of nitrogens with one attached hydrogen (secondary N) is 2. The van der Waals surface area contributed by atoms with Crippen LogP contribution < -0.4 is 10.6 Å². The van der Waals surface area contributed by atoms with Crippen molar-refractivity contribution in [3.05, 3.63) is 140 Å². The summed E-state index contributed by atoms with van der Waals surface area (Å²) in [6.07, 6.45) is 0. The highest BCUT2D eigenvalue weighted by Gasteiger charge is 2.29. The van der Waals surface area contributed by atoms with Gasteiger partial charge in [-0.1, -0.05) is 53.6 Å². The molecular formula is C39H42N2O6S2. The number of anilines is 4. The zero-order chi connectivity index (χ0) is 36.0. The third kappa shape index (κ3) is 7.73. The first-order valence-electron chi connectivity index (χ1n) is 15.8. The van der Waals surface area contributed by atoms with E-state index in [9.17, 15) is 25.9 Å². The van der Waals surface area contributed by atoms with Crippen molar-refractivity contribution in [1.82, 2.24) is 0 Å². The van der Waals surface area contributed by atoms with Crippen LogP contribution >= 0.6 is 0 Å². The molecule has 0 amide bonds. The van der Waals surface area contributed by atoms with E-state index in [-0.39, 0.29) is 5.56 Å². The summed E-state index contributed by atoms with van der Waals surface area (Å²) < 4.78 is 69.8. The molecule has 0 aromatic heterocycles. The molecule has 0 aliphatic rings. The maximum Gasteiger partial charge on any atom is 0.294 e. The molecule has 4 N–H and O–H groups in total. The highest BCUT2D eigenvalue weighted by atomic mass is 32.2. The van der Waals surface area contributed by atoms with Gasteiger partial charge in [0.05, 0.1) is 9.79 Å². The van der Waals surface area contributed by atoms with E-state index >= 15 is 0 Å². The van der Waals surface area contributed by atoms with E-state index in [1.165, 1.54) is 17.2 Å². The lowest BCUT2D eigenvalue weighted by atomic mass is 9.81. The highest BCUT2D eigenvalue weighted by Crippen LogP contribution is 2.41. The maximum absolute atomic E-state index is 12.8. The van der Waals surface area contributed by atoms with Crippen LogP contribution in [0.4, 0.5) is 22.7 Å².